The van der Waals surface area contributed by atoms with Crippen molar-refractivity contribution in [3.63, 3.8) is 0 Å². The lowest BCUT2D eigenvalue weighted by Crippen LogP contribution is -2.16. The van der Waals surface area contributed by atoms with Crippen molar-refractivity contribution in [3.8, 4) is 33.4 Å². The Labute approximate surface area is 490 Å². The van der Waals surface area contributed by atoms with Crippen LogP contribution in [0.3, 0.4) is 0 Å². The van der Waals surface area contributed by atoms with Gasteiger partial charge in [-0.2, -0.15) is 10.0 Å². The largest absolute Gasteiger partial charge is 0.310 e. The Morgan fingerprint density at radius 1 is 0.265 bits per heavy atom. The van der Waals surface area contributed by atoms with Gasteiger partial charge in [0.05, 0.1) is 0 Å². The van der Waals surface area contributed by atoms with E-state index in [2.05, 4.69) is 329 Å². The number of hydrogen-bond acceptors (Lipinski definition) is 2. The molecule has 0 N–H and O–H groups in total. The topological polar surface area (TPSA) is 6.48 Å². The number of nitrogens with zero attached hydrogens (tertiary/aromatic N) is 2. The maximum atomic E-state index is 2.45. The van der Waals surface area contributed by atoms with E-state index >= 15 is 0 Å². The van der Waals surface area contributed by atoms with Crippen molar-refractivity contribution in [3.05, 3.63) is 299 Å². The van der Waals surface area contributed by atoms with Gasteiger partial charge in [0.25, 0.3) is 0 Å². The van der Waals surface area contributed by atoms with Gasteiger partial charge in [0.1, 0.15) is 0 Å². The van der Waals surface area contributed by atoms with Crippen molar-refractivity contribution in [1.82, 2.24) is 0 Å². The minimum absolute atomic E-state index is 0.187. The van der Waals surface area contributed by atoms with Crippen LogP contribution in [0.25, 0.3) is 79.2 Å². The summed E-state index contributed by atoms with van der Waals surface area (Å²) in [7, 11) is -1.18. The van der Waals surface area contributed by atoms with Crippen molar-refractivity contribution in [1.29, 1.82) is 0 Å². The van der Waals surface area contributed by atoms with Crippen LogP contribution in [0.5, 0.6) is 0 Å². The molecule has 1 heterocycles. The van der Waals surface area contributed by atoms with Crippen LogP contribution in [0, 0.1) is 0 Å². The Hall–Kier alpha value is -9.41. The van der Waals surface area contributed by atoms with Gasteiger partial charge in [-0.15, -0.1) is 0 Å². The van der Waals surface area contributed by atoms with Crippen molar-refractivity contribution in [2.24, 2.45) is 0 Å². The highest BCUT2D eigenvalue weighted by molar-refractivity contribution is 8.33. The first-order chi connectivity index (χ1) is 40.4. The molecule has 0 saturated carbocycles. The van der Waals surface area contributed by atoms with Gasteiger partial charge < -0.3 is 9.80 Å². The fourth-order valence-corrected chi connectivity index (χ4v) is 16.3. The van der Waals surface area contributed by atoms with Crippen molar-refractivity contribution in [2.45, 2.75) is 48.3 Å². The summed E-state index contributed by atoms with van der Waals surface area (Å²) in [5, 5.41) is 4.95. The molecule has 83 heavy (non-hydrogen) atoms. The van der Waals surface area contributed by atoms with Gasteiger partial charge >= 0.3 is 0 Å². The molecule has 0 bridgehead atoms. The molecule has 12 aromatic rings. The standard InChI is InChI=1S/C80H64N2S/c1-79(2)73-47-55(29-39-67(73)69-41-37-65(51-75(69)79)81(61-21-9-7-10-22-61)63-35-33-57-17-13-15-19-59(57)49-63)27-25-53-31-43-77-71(45-53)72-46-54(32-44-78(72)83(77,5)6)26-28-56-30-40-68-70-42-38-66(52-76(70)80(3,4)74(68)48-56)82(62-23-11-8-12-24-62)64-36-34-58-18-14-16-20-60(58)50-64/h7-52H,1-6H3/b27-25+,28-26+. The van der Waals surface area contributed by atoms with E-state index < -0.39 is 10.0 Å². The van der Waals surface area contributed by atoms with Crippen molar-refractivity contribution < 1.29 is 0 Å². The Balaban J connectivity index is 0.688. The first kappa shape index (κ1) is 50.5. The smallest absolute Gasteiger partial charge is 0.0468 e. The van der Waals surface area contributed by atoms with E-state index in [9.17, 15) is 0 Å². The van der Waals surface area contributed by atoms with Crippen LogP contribution in [0.2, 0.25) is 0 Å². The quantitative estimate of drug-likeness (QED) is 0.126. The zero-order chi connectivity index (χ0) is 56.2. The van der Waals surface area contributed by atoms with Crippen LogP contribution in [-0.4, -0.2) is 12.5 Å². The average molecular weight is 1090 g/mol. The molecule has 3 heteroatoms. The molecule has 0 saturated heterocycles. The maximum absolute atomic E-state index is 2.45. The summed E-state index contributed by atoms with van der Waals surface area (Å²) in [5.74, 6) is 0. The number of anilines is 6. The van der Waals surface area contributed by atoms with Gasteiger partial charge in [-0.1, -0.05) is 210 Å². The van der Waals surface area contributed by atoms with Crippen LogP contribution in [-0.2, 0) is 10.8 Å². The van der Waals surface area contributed by atoms with Crippen LogP contribution in [0.4, 0.5) is 34.1 Å². The van der Waals surface area contributed by atoms with Gasteiger partial charge in [0, 0.05) is 54.7 Å². The lowest BCUT2D eigenvalue weighted by molar-refractivity contribution is 0.660. The summed E-state index contributed by atoms with van der Waals surface area (Å²) in [6.45, 7) is 9.55. The highest BCUT2D eigenvalue weighted by Crippen LogP contribution is 2.67. The van der Waals surface area contributed by atoms with Gasteiger partial charge in [0.2, 0.25) is 0 Å². The molecule has 15 rings (SSSR count). The first-order valence-electron chi connectivity index (χ1n) is 29.0. The number of hydrogen-bond donors (Lipinski definition) is 0. The summed E-state index contributed by atoms with van der Waals surface area (Å²) in [6, 6.07) is 94.8. The minimum atomic E-state index is -1.18. The van der Waals surface area contributed by atoms with E-state index in [1.54, 1.807) is 0 Å². The van der Waals surface area contributed by atoms with Crippen LogP contribution < -0.4 is 9.80 Å². The number of fused-ring (bicyclic) bond motifs is 11. The molecule has 1 aliphatic heterocycles. The molecule has 0 fully saturated rings. The highest BCUT2D eigenvalue weighted by Gasteiger charge is 2.38. The molecular formula is C80H64N2S. The van der Waals surface area contributed by atoms with Crippen LogP contribution in [0.15, 0.2) is 265 Å². The van der Waals surface area contributed by atoms with Gasteiger partial charge in [-0.25, -0.2) is 0 Å². The van der Waals surface area contributed by atoms with Crippen molar-refractivity contribution in [2.75, 3.05) is 22.3 Å². The molecule has 0 radical (unpaired) electrons. The van der Waals surface area contributed by atoms with Crippen LogP contribution >= 0.6 is 10.0 Å². The fourth-order valence-electron chi connectivity index (χ4n) is 13.8. The summed E-state index contributed by atoms with van der Waals surface area (Å²) < 4.78 is 0. The van der Waals surface area contributed by atoms with E-state index in [-0.39, 0.29) is 10.8 Å². The minimum Gasteiger partial charge on any atom is -0.310 e. The highest BCUT2D eigenvalue weighted by atomic mass is 32.3. The normalized spacial score (nSPS) is 15.0. The van der Waals surface area contributed by atoms with E-state index in [0.717, 1.165) is 34.1 Å². The number of para-hydroxylation sites is 2. The summed E-state index contributed by atoms with van der Waals surface area (Å²) in [4.78, 5) is 7.71. The second kappa shape index (κ2) is 19.4. The fraction of sp³-hybridized carbons (Fsp3) is 0.100. The molecule has 0 amide bonds. The monoisotopic (exact) mass is 1080 g/mol. The third kappa shape index (κ3) is 8.48. The summed E-state index contributed by atoms with van der Waals surface area (Å²) in [5.41, 5.74) is 24.8. The second-order valence-corrected chi connectivity index (χ2v) is 27.8. The molecule has 3 aliphatic rings. The van der Waals surface area contributed by atoms with Gasteiger partial charge in [-0.05, 0) is 209 Å². The van der Waals surface area contributed by atoms with Gasteiger partial charge in [0.15, 0.2) is 0 Å². The first-order valence-corrected chi connectivity index (χ1v) is 31.5. The van der Waals surface area contributed by atoms with Crippen LogP contribution in [0.1, 0.15) is 72.2 Å². The Kier molecular flexibility index (Phi) is 11.8. The molecule has 2 aliphatic carbocycles. The molecular weight excluding hydrogens is 1020 g/mol. The summed E-state index contributed by atoms with van der Waals surface area (Å²) in [6.07, 6.45) is 14.1. The second-order valence-electron chi connectivity index (χ2n) is 24.2. The Bertz CT molecular complexity index is 4360. The van der Waals surface area contributed by atoms with E-state index in [0.29, 0.717) is 0 Å². The summed E-state index contributed by atoms with van der Waals surface area (Å²) >= 11 is 0. The zero-order valence-electron chi connectivity index (χ0n) is 47.9. The third-order valence-electron chi connectivity index (χ3n) is 18.2. The number of benzene rings is 12. The van der Waals surface area contributed by atoms with Crippen molar-refractivity contribution >= 4 is 90.0 Å². The molecule has 0 atom stereocenters. The predicted molar refractivity (Wildman–Crippen MR) is 358 cm³/mol. The molecule has 2 nitrogen and oxygen atoms in total. The molecule has 0 unspecified atom stereocenters. The molecule has 0 spiro atoms. The Morgan fingerprint density at radius 3 is 0.988 bits per heavy atom. The molecule has 0 aromatic heterocycles. The average Bonchev–Trinajstić information content (AvgIpc) is 3.42. The van der Waals surface area contributed by atoms with E-state index in [1.165, 1.54) is 109 Å². The molecule has 12 aromatic carbocycles. The van der Waals surface area contributed by atoms with Gasteiger partial charge in [-0.3, -0.25) is 0 Å². The number of rotatable bonds is 10. The molecule has 400 valence electrons. The maximum Gasteiger partial charge on any atom is 0.0468 e. The predicted octanol–water partition coefficient (Wildman–Crippen LogP) is 22.3. The van der Waals surface area contributed by atoms with E-state index in [1.807, 2.05) is 0 Å². The lowest BCUT2D eigenvalue weighted by atomic mass is 9.81. The lowest BCUT2D eigenvalue weighted by Gasteiger charge is -2.28. The third-order valence-corrected chi connectivity index (χ3v) is 21.1. The SMILES string of the molecule is CC1(C)c2cc(/C=C/c3ccc4c(c3)-c3cc(/C=C/c5ccc6c(c5)C(C)(C)c5cc(N(c7ccccc7)c7ccc8ccccc8c7)ccc5-6)ccc3S4(C)C)ccc2-c2ccc(N(c3ccccc3)c3ccc4ccccc4c3)cc21. The Morgan fingerprint density at radius 2 is 0.578 bits per heavy atom. The zero-order valence-corrected chi connectivity index (χ0v) is 48.7. The van der Waals surface area contributed by atoms with E-state index in [4.69, 9.17) is 0 Å².